The number of fused-ring (bicyclic) bond motifs is 3. The molecule has 3 N–H and O–H groups in total. The fourth-order valence-electron chi connectivity index (χ4n) is 17.8. The number of likely N-dealkylation sites (N-methyl/N-ethyl adjacent to an activating group) is 6. The van der Waals surface area contributed by atoms with E-state index in [1.807, 2.05) is 6.92 Å². The Balaban J connectivity index is 1.20. The summed E-state index contributed by atoms with van der Waals surface area (Å²) in [6, 6.07) is -11.3. The summed E-state index contributed by atoms with van der Waals surface area (Å²) in [5.41, 5.74) is -1.70. The number of morpholine rings is 1. The van der Waals surface area contributed by atoms with E-state index in [1.54, 1.807) is 27.7 Å². The molecule has 4 heterocycles. The normalized spacial score (nSPS) is 33.1. The predicted octanol–water partition coefficient (Wildman–Crippen LogP) is 5.57. The van der Waals surface area contributed by atoms with E-state index >= 15 is 37.5 Å². The van der Waals surface area contributed by atoms with E-state index in [0.29, 0.717) is 38.5 Å². The van der Waals surface area contributed by atoms with Crippen LogP contribution in [-0.2, 0) is 67.0 Å². The quantitative estimate of drug-likeness (QED) is 0.202. The van der Waals surface area contributed by atoms with Gasteiger partial charge in [0.25, 0.3) is 0 Å². The molecule has 616 valence electrons. The summed E-state index contributed by atoms with van der Waals surface area (Å²) >= 11 is 0. The van der Waals surface area contributed by atoms with Gasteiger partial charge in [0.05, 0.1) is 44.7 Å². The average Bonchev–Trinajstić information content (AvgIpc) is 1.74. The third-order valence-electron chi connectivity index (χ3n) is 24.9. The molecule has 0 aromatic heterocycles. The monoisotopic (exact) mass is 1560 g/mol. The molecule has 1 spiro atoms. The molecule has 12 amide bonds. The zero-order valence-electron chi connectivity index (χ0n) is 65.1. The van der Waals surface area contributed by atoms with Gasteiger partial charge in [-0.05, 0) is 146 Å². The van der Waals surface area contributed by atoms with Crippen molar-refractivity contribution in [3.05, 3.63) is 0 Å². The first-order chi connectivity index (χ1) is 51.3. The van der Waals surface area contributed by atoms with Crippen LogP contribution in [0.3, 0.4) is 0 Å². The summed E-state index contributed by atoms with van der Waals surface area (Å²) in [5.74, 6) is -16.9. The number of amides is 12. The van der Waals surface area contributed by atoms with Gasteiger partial charge in [-0.1, -0.05) is 47.0 Å². The lowest BCUT2D eigenvalue weighted by Crippen LogP contribution is -2.68. The molecule has 8 rings (SSSR count). The molecule has 2 unspecified atom stereocenters. The number of ether oxygens (including phenoxy) is 2. The van der Waals surface area contributed by atoms with Gasteiger partial charge in [-0.15, -0.1) is 0 Å². The third kappa shape index (κ3) is 20.8. The summed E-state index contributed by atoms with van der Waals surface area (Å²) in [6.45, 7) is 7.31. The molecular weight excluding hydrogens is 1440 g/mol. The highest BCUT2D eigenvalue weighted by atomic mass is 19.4. The minimum absolute atomic E-state index is 0.00287. The molecule has 26 nitrogen and oxygen atoms in total. The number of hydrogen-bond acceptors (Lipinski definition) is 14. The summed E-state index contributed by atoms with van der Waals surface area (Å²) in [5, 5.41) is 8.40. The second-order valence-corrected chi connectivity index (χ2v) is 32.3. The first-order valence-corrected chi connectivity index (χ1v) is 39.2. The van der Waals surface area contributed by atoms with Crippen LogP contribution >= 0.6 is 0 Å². The zero-order valence-corrected chi connectivity index (χ0v) is 65.1. The number of nitrogens with zero attached hydrogens (tertiary/aromatic N) is 9. The van der Waals surface area contributed by atoms with E-state index in [0.717, 1.165) is 29.4 Å². The SMILES string of the molecule is CCO[C@@H]1C[C@H]2C(=O)NC3(CCC3)C(=O)N(C)[C@@H](C3CCCC3)C(=O)N(C)[C@H](C(=O)N3CCOCC3)CC(=O)N(C)[C@@H](CC)C(=O)N[C@@H]([C@@H](C)CC)C(=O)N(C)CC(=O)N(C)[C@H]3C[C@@H](C)CCN(C3=O)[C@@H](CC3CCC(C(F)(F)F)CC3)C(=O)N(C)CC(=O)N[C@@H](CCC3CC(F)C(C(F)(F)F)C(F)C3)C(=O)N2C1. The Morgan fingerprint density at radius 3 is 1.81 bits per heavy atom. The van der Waals surface area contributed by atoms with Crippen LogP contribution in [0.1, 0.15) is 176 Å². The molecule has 8 aliphatic rings. The molecular formula is C75H116F8N12O14. The van der Waals surface area contributed by atoms with Gasteiger partial charge in [-0.25, -0.2) is 8.78 Å². The molecule has 4 saturated heterocycles. The van der Waals surface area contributed by atoms with Gasteiger partial charge in [0, 0.05) is 81.5 Å². The van der Waals surface area contributed by atoms with Crippen LogP contribution in [0.25, 0.3) is 0 Å². The maximum atomic E-state index is 15.7. The smallest absolute Gasteiger partial charge is 0.378 e. The summed E-state index contributed by atoms with van der Waals surface area (Å²) in [7, 11) is 8.05. The second-order valence-electron chi connectivity index (χ2n) is 32.3. The highest BCUT2D eigenvalue weighted by Gasteiger charge is 2.56. The molecule has 4 saturated carbocycles. The van der Waals surface area contributed by atoms with Gasteiger partial charge < -0.3 is 69.5 Å². The molecule has 34 heteroatoms. The number of halogens is 8. The first-order valence-electron chi connectivity index (χ1n) is 39.2. The van der Waals surface area contributed by atoms with Crippen molar-refractivity contribution in [1.82, 2.24) is 60.0 Å². The van der Waals surface area contributed by atoms with Crippen molar-refractivity contribution in [3.8, 4) is 0 Å². The summed E-state index contributed by atoms with van der Waals surface area (Å²) in [4.78, 5) is 192. The zero-order chi connectivity index (χ0) is 80.5. The van der Waals surface area contributed by atoms with Gasteiger partial charge in [-0.3, -0.25) is 57.5 Å². The van der Waals surface area contributed by atoms with E-state index in [9.17, 15) is 55.1 Å². The minimum Gasteiger partial charge on any atom is -0.378 e. The number of nitrogens with one attached hydrogen (secondary N) is 3. The molecule has 109 heavy (non-hydrogen) atoms. The van der Waals surface area contributed by atoms with Crippen molar-refractivity contribution in [1.29, 1.82) is 0 Å². The number of carbonyl (C=O) groups excluding carboxylic acids is 12. The van der Waals surface area contributed by atoms with Crippen molar-refractivity contribution in [2.24, 2.45) is 41.4 Å². The Bertz CT molecular complexity index is 3230. The van der Waals surface area contributed by atoms with Crippen LogP contribution < -0.4 is 16.0 Å². The number of carbonyl (C=O) groups is 12. The maximum absolute atomic E-state index is 15.7. The van der Waals surface area contributed by atoms with Crippen molar-refractivity contribution >= 4 is 70.9 Å². The minimum atomic E-state index is -5.22. The Hall–Kier alpha value is -7.00. The molecule has 4 aliphatic carbocycles. The molecule has 0 aromatic carbocycles. The Labute approximate surface area is 634 Å². The molecule has 0 radical (unpaired) electrons. The highest BCUT2D eigenvalue weighted by molar-refractivity contribution is 6.01. The molecule has 8 fully saturated rings. The number of hydrogen-bond donors (Lipinski definition) is 3. The first kappa shape index (κ1) is 87.6. The van der Waals surface area contributed by atoms with E-state index in [-0.39, 0.29) is 129 Å². The summed E-state index contributed by atoms with van der Waals surface area (Å²) < 4.78 is 127. The van der Waals surface area contributed by atoms with Crippen molar-refractivity contribution < 1.29 is 102 Å². The van der Waals surface area contributed by atoms with Crippen LogP contribution in [0.4, 0.5) is 35.1 Å². The van der Waals surface area contributed by atoms with Crippen molar-refractivity contribution in [3.63, 3.8) is 0 Å². The van der Waals surface area contributed by atoms with Crippen LogP contribution in [-0.4, -0.2) is 301 Å². The van der Waals surface area contributed by atoms with Gasteiger partial charge in [-0.2, -0.15) is 26.3 Å². The largest absolute Gasteiger partial charge is 0.397 e. The Morgan fingerprint density at radius 2 is 1.24 bits per heavy atom. The van der Waals surface area contributed by atoms with Crippen molar-refractivity contribution in [2.45, 2.75) is 261 Å². The lowest BCUT2D eigenvalue weighted by atomic mass is 9.74. The van der Waals surface area contributed by atoms with Gasteiger partial charge in [0.2, 0.25) is 70.9 Å². The van der Waals surface area contributed by atoms with E-state index < -0.39 is 230 Å². The van der Waals surface area contributed by atoms with E-state index in [2.05, 4.69) is 16.0 Å². The van der Waals surface area contributed by atoms with E-state index in [1.165, 1.54) is 57.0 Å². The number of alkyl halides is 8. The molecule has 2 bridgehead atoms. The Kier molecular flexibility index (Phi) is 30.2. The molecule has 0 aromatic rings. The lowest BCUT2D eigenvalue weighted by Gasteiger charge is -2.47. The van der Waals surface area contributed by atoms with Crippen LogP contribution in [0.15, 0.2) is 0 Å². The lowest BCUT2D eigenvalue weighted by molar-refractivity contribution is -0.219. The van der Waals surface area contributed by atoms with Crippen molar-refractivity contribution in [2.75, 3.05) is 101 Å². The highest BCUT2D eigenvalue weighted by Crippen LogP contribution is 2.46. The van der Waals surface area contributed by atoms with E-state index in [4.69, 9.17) is 9.47 Å². The number of rotatable bonds is 12. The third-order valence-corrected chi connectivity index (χ3v) is 24.9. The molecule has 13 atom stereocenters. The Morgan fingerprint density at radius 1 is 0.615 bits per heavy atom. The second kappa shape index (κ2) is 37.6. The fourth-order valence-corrected chi connectivity index (χ4v) is 17.8. The average molecular weight is 1560 g/mol. The van der Waals surface area contributed by atoms with Gasteiger partial charge >= 0.3 is 12.4 Å². The molecule has 4 aliphatic heterocycles. The summed E-state index contributed by atoms with van der Waals surface area (Å²) in [6.07, 6.45) is -16.3. The van der Waals surface area contributed by atoms with Gasteiger partial charge in [0.1, 0.15) is 72.1 Å². The predicted molar refractivity (Wildman–Crippen MR) is 381 cm³/mol. The van der Waals surface area contributed by atoms with Crippen LogP contribution in [0.2, 0.25) is 0 Å². The van der Waals surface area contributed by atoms with Gasteiger partial charge in [0.15, 0.2) is 0 Å². The van der Waals surface area contributed by atoms with Crippen LogP contribution in [0, 0.1) is 41.4 Å². The topological polar surface area (TPSA) is 289 Å². The maximum Gasteiger partial charge on any atom is 0.397 e. The standard InChI is InChI=1S/C75H116F8N12O14/c1-12-44(5)62-70(105)88(7)42-60(98)90(9)55-34-43(4)26-29-94(69(55)104)57(37-45-20-23-48(24-21-45)74(78,79)80)67(102)87(6)41-58(96)84-52(25-22-46-35-50(76)61(51(77)36-46)75(81,82)83)66(101)95-40-49(109-14-3)38-54(95)65(100)86-73(27-17-28-73)72(107)92(11)63(47-18-15-16-19-47)71(106)91(10)56(68(103)93-30-32-108-33-31-93)39-59(97)89(8)53(13-2)64(99)85-62/h43-57,61-63H,12-42H2,1-11H3,(H,84,96)(H,85,99)(H,86,100)/t43-,44-,45?,46?,48?,49+,50?,51?,52-,53-,54-,55-,56-,57-,61?,62-,63-/m0/s1. The van der Waals surface area contributed by atoms with Crippen LogP contribution in [0.5, 0.6) is 0 Å². The fraction of sp³-hybridized carbons (Fsp3) is 0.840.